The molecule has 0 fully saturated rings. The van der Waals surface area contributed by atoms with Crippen molar-refractivity contribution in [2.24, 2.45) is 7.05 Å². The molecule has 2 heteroatoms. The number of para-hydroxylation sites is 1. The van der Waals surface area contributed by atoms with E-state index >= 15 is 0 Å². The molecule has 0 bridgehead atoms. The minimum Gasteiger partial charge on any atom is -0.455 e. The third-order valence-corrected chi connectivity index (χ3v) is 8.56. The number of pyridine rings is 1. The molecule has 6 aromatic rings. The average Bonchev–Trinajstić information content (AvgIpc) is 3.33. The second-order valence-corrected chi connectivity index (χ2v) is 11.0. The van der Waals surface area contributed by atoms with Gasteiger partial charge in [-0.15, -0.1) is 0 Å². The number of furan rings is 1. The summed E-state index contributed by atoms with van der Waals surface area (Å²) in [5.74, 6) is 0. The van der Waals surface area contributed by atoms with Crippen LogP contribution < -0.4 is 4.57 Å². The Kier molecular flexibility index (Phi) is 4.20. The van der Waals surface area contributed by atoms with Crippen LogP contribution in [0.2, 0.25) is 0 Å². The quantitative estimate of drug-likeness (QED) is 0.221. The Balaban J connectivity index is 1.63. The lowest BCUT2D eigenvalue weighted by Gasteiger charge is -2.24. The summed E-state index contributed by atoms with van der Waals surface area (Å²) < 4.78 is 8.83. The van der Waals surface area contributed by atoms with Gasteiger partial charge in [-0.1, -0.05) is 56.3 Å². The van der Waals surface area contributed by atoms with Crippen molar-refractivity contribution in [3.8, 4) is 22.4 Å². The Morgan fingerprint density at radius 2 is 1.47 bits per heavy atom. The van der Waals surface area contributed by atoms with Crippen molar-refractivity contribution >= 4 is 32.7 Å². The van der Waals surface area contributed by atoms with Crippen LogP contribution in [0, 0.1) is 20.8 Å². The summed E-state index contributed by atoms with van der Waals surface area (Å²) in [6.07, 6.45) is 2.22. The Morgan fingerprint density at radius 3 is 2.31 bits per heavy atom. The molecule has 0 unspecified atom stereocenters. The van der Waals surface area contributed by atoms with Gasteiger partial charge in [-0.3, -0.25) is 0 Å². The monoisotopic (exact) mass is 468 g/mol. The first-order valence-electron chi connectivity index (χ1n) is 12.8. The summed E-state index contributed by atoms with van der Waals surface area (Å²) >= 11 is 0. The molecule has 176 valence electrons. The van der Waals surface area contributed by atoms with Gasteiger partial charge in [0.15, 0.2) is 6.20 Å². The first-order valence-corrected chi connectivity index (χ1v) is 12.8. The molecule has 7 rings (SSSR count). The number of fused-ring (bicyclic) bond motifs is 8. The number of aryl methyl sites for hydroxylation is 3. The molecule has 4 aromatic carbocycles. The second kappa shape index (κ2) is 7.07. The molecule has 1 aliphatic carbocycles. The van der Waals surface area contributed by atoms with Gasteiger partial charge in [-0.05, 0) is 83.3 Å². The average molecular weight is 469 g/mol. The predicted octanol–water partition coefficient (Wildman–Crippen LogP) is 8.46. The van der Waals surface area contributed by atoms with Crippen LogP contribution >= 0.6 is 0 Å². The maximum absolute atomic E-state index is 6.56. The first-order chi connectivity index (χ1) is 17.3. The van der Waals surface area contributed by atoms with Crippen molar-refractivity contribution in [2.75, 3.05) is 0 Å². The lowest BCUT2D eigenvalue weighted by atomic mass is 9.78. The maximum atomic E-state index is 6.56. The summed E-state index contributed by atoms with van der Waals surface area (Å²) in [6, 6.07) is 24.4. The van der Waals surface area contributed by atoms with Crippen LogP contribution in [-0.2, 0) is 12.5 Å². The molecule has 0 atom stereocenters. The van der Waals surface area contributed by atoms with Crippen molar-refractivity contribution in [1.82, 2.24) is 0 Å². The molecule has 0 amide bonds. The second-order valence-electron chi connectivity index (χ2n) is 11.0. The molecular formula is C34H30NO+. The van der Waals surface area contributed by atoms with E-state index in [0.717, 1.165) is 11.2 Å². The smallest absolute Gasteiger partial charge is 0.224 e. The van der Waals surface area contributed by atoms with Crippen molar-refractivity contribution in [3.63, 3.8) is 0 Å². The van der Waals surface area contributed by atoms with E-state index in [9.17, 15) is 0 Å². The standard InChI is InChI=1S/C34H30NO/c1-19-10-9-12-23-24-14-15-26-25(31(24)34(4,5)30(19)23)16-17-35(6)32(26)29-21(3)20(2)18-27-22-11-7-8-13-28(22)36-33(27)29/h7-18H,1-6H3/q+1. The number of hydrogen-bond acceptors (Lipinski definition) is 1. The predicted molar refractivity (Wildman–Crippen MR) is 150 cm³/mol. The Labute approximate surface area is 211 Å². The molecule has 0 N–H and O–H groups in total. The highest BCUT2D eigenvalue weighted by Crippen LogP contribution is 2.53. The van der Waals surface area contributed by atoms with E-state index in [0.29, 0.717) is 0 Å². The summed E-state index contributed by atoms with van der Waals surface area (Å²) in [5, 5.41) is 4.96. The zero-order chi connectivity index (χ0) is 24.9. The van der Waals surface area contributed by atoms with Gasteiger partial charge in [0, 0.05) is 22.3 Å². The zero-order valence-corrected chi connectivity index (χ0v) is 21.8. The Morgan fingerprint density at radius 1 is 0.694 bits per heavy atom. The van der Waals surface area contributed by atoms with Gasteiger partial charge in [0.05, 0.1) is 10.9 Å². The van der Waals surface area contributed by atoms with Crippen LogP contribution in [0.3, 0.4) is 0 Å². The number of rotatable bonds is 1. The van der Waals surface area contributed by atoms with Gasteiger partial charge in [-0.2, -0.15) is 0 Å². The normalized spacial score (nSPS) is 14.1. The van der Waals surface area contributed by atoms with Crippen molar-refractivity contribution in [3.05, 3.63) is 101 Å². The highest BCUT2D eigenvalue weighted by Gasteiger charge is 2.39. The van der Waals surface area contributed by atoms with E-state index in [1.807, 2.05) is 6.07 Å². The lowest BCUT2D eigenvalue weighted by molar-refractivity contribution is -0.659. The molecule has 1 aliphatic rings. The van der Waals surface area contributed by atoms with Gasteiger partial charge in [-0.25, -0.2) is 4.57 Å². The number of aromatic nitrogens is 1. The van der Waals surface area contributed by atoms with Crippen molar-refractivity contribution in [2.45, 2.75) is 40.0 Å². The van der Waals surface area contributed by atoms with Gasteiger partial charge in [0.1, 0.15) is 18.2 Å². The third-order valence-electron chi connectivity index (χ3n) is 8.56. The molecule has 0 saturated heterocycles. The molecule has 0 spiro atoms. The molecule has 0 aliphatic heterocycles. The molecule has 2 nitrogen and oxygen atoms in total. The molecule has 36 heavy (non-hydrogen) atoms. The van der Waals surface area contributed by atoms with Crippen LogP contribution in [0.1, 0.15) is 41.7 Å². The SMILES string of the molecule is Cc1cc2c(oc3ccccc32)c(-c2c3ccc4c(c3cc[n+]2C)C(C)(C)c2c(C)cccc2-4)c1C. The summed E-state index contributed by atoms with van der Waals surface area (Å²) in [4.78, 5) is 0. The highest BCUT2D eigenvalue weighted by atomic mass is 16.3. The zero-order valence-electron chi connectivity index (χ0n) is 21.8. The van der Waals surface area contributed by atoms with Gasteiger partial charge >= 0.3 is 0 Å². The number of nitrogens with zero attached hydrogens (tertiary/aromatic N) is 1. The van der Waals surface area contributed by atoms with Crippen LogP contribution in [-0.4, -0.2) is 0 Å². The molecule has 0 saturated carbocycles. The van der Waals surface area contributed by atoms with Crippen LogP contribution in [0.5, 0.6) is 0 Å². The van der Waals surface area contributed by atoms with Gasteiger partial charge < -0.3 is 4.42 Å². The fraction of sp³-hybridized carbons (Fsp3) is 0.206. The third kappa shape index (κ3) is 2.59. The molecule has 2 heterocycles. The summed E-state index contributed by atoms with van der Waals surface area (Å²) in [6.45, 7) is 11.4. The highest BCUT2D eigenvalue weighted by molar-refractivity contribution is 6.13. The van der Waals surface area contributed by atoms with Gasteiger partial charge in [0.25, 0.3) is 0 Å². The van der Waals surface area contributed by atoms with E-state index in [4.69, 9.17) is 4.42 Å². The largest absolute Gasteiger partial charge is 0.455 e. The van der Waals surface area contributed by atoms with Crippen LogP contribution in [0.15, 0.2) is 77.3 Å². The number of benzene rings is 4. The van der Waals surface area contributed by atoms with E-state index < -0.39 is 0 Å². The van der Waals surface area contributed by atoms with E-state index in [1.165, 1.54) is 71.7 Å². The van der Waals surface area contributed by atoms with Crippen molar-refractivity contribution in [1.29, 1.82) is 0 Å². The van der Waals surface area contributed by atoms with E-state index in [2.05, 4.69) is 113 Å². The van der Waals surface area contributed by atoms with E-state index in [-0.39, 0.29) is 5.41 Å². The summed E-state index contributed by atoms with van der Waals surface area (Å²) in [7, 11) is 2.16. The van der Waals surface area contributed by atoms with Gasteiger partial charge in [0.2, 0.25) is 5.69 Å². The topological polar surface area (TPSA) is 17.0 Å². The van der Waals surface area contributed by atoms with Crippen LogP contribution in [0.4, 0.5) is 0 Å². The maximum Gasteiger partial charge on any atom is 0.224 e. The summed E-state index contributed by atoms with van der Waals surface area (Å²) in [5.41, 5.74) is 13.8. The molecule has 2 aromatic heterocycles. The lowest BCUT2D eigenvalue weighted by Crippen LogP contribution is -2.31. The fourth-order valence-corrected chi connectivity index (χ4v) is 6.88. The molecule has 0 radical (unpaired) electrons. The first kappa shape index (κ1) is 21.4. The van der Waals surface area contributed by atoms with Crippen LogP contribution in [0.25, 0.3) is 55.1 Å². The van der Waals surface area contributed by atoms with Crippen molar-refractivity contribution < 1.29 is 8.98 Å². The van der Waals surface area contributed by atoms with E-state index in [1.54, 1.807) is 0 Å². The fourth-order valence-electron chi connectivity index (χ4n) is 6.88. The Hall–Kier alpha value is -3.91. The molecular weight excluding hydrogens is 438 g/mol. The minimum atomic E-state index is -0.0664. The minimum absolute atomic E-state index is 0.0664. The Bertz CT molecular complexity index is 1900. The number of hydrogen-bond donors (Lipinski definition) is 0.